The highest BCUT2D eigenvalue weighted by Crippen LogP contribution is 2.47. The lowest BCUT2D eigenvalue weighted by molar-refractivity contribution is -0.140. The van der Waals surface area contributed by atoms with Crippen LogP contribution in [0.5, 0.6) is 0 Å². The lowest BCUT2D eigenvalue weighted by Crippen LogP contribution is -2.32. The van der Waals surface area contributed by atoms with Crippen LogP contribution in [0.25, 0.3) is 0 Å². The molecule has 6 atom stereocenters. The Hall–Kier alpha value is -1.54. The van der Waals surface area contributed by atoms with Gasteiger partial charge in [-0.3, -0.25) is 4.79 Å². The number of alkyl halides is 3. The lowest BCUT2D eigenvalue weighted by Gasteiger charge is -2.22. The number of hydrogen-bond acceptors (Lipinski definition) is 5. The molecule has 1 saturated carbocycles. The van der Waals surface area contributed by atoms with Crippen LogP contribution >= 0.6 is 0 Å². The molecule has 29 heavy (non-hydrogen) atoms. The van der Waals surface area contributed by atoms with E-state index in [2.05, 4.69) is 4.74 Å². The molecule has 0 aromatic heterocycles. The van der Waals surface area contributed by atoms with E-state index in [9.17, 15) is 28.2 Å². The van der Waals surface area contributed by atoms with Gasteiger partial charge >= 0.3 is 5.97 Å². The lowest BCUT2D eigenvalue weighted by atomic mass is 9.89. The number of ether oxygens (including phenoxy) is 2. The van der Waals surface area contributed by atoms with Gasteiger partial charge in [-0.15, -0.1) is 0 Å². The average molecular weight is 420 g/mol. The number of hydrogen-bond donors (Lipinski definition) is 2. The summed E-state index contributed by atoms with van der Waals surface area (Å²) >= 11 is 0. The summed E-state index contributed by atoms with van der Waals surface area (Å²) in [4.78, 5) is 11.1. The summed E-state index contributed by atoms with van der Waals surface area (Å²) in [5.74, 6) is -4.85. The predicted molar refractivity (Wildman–Crippen MR) is 101 cm³/mol. The number of aliphatic hydroxyl groups is 2. The van der Waals surface area contributed by atoms with Crippen molar-refractivity contribution in [2.24, 2.45) is 11.8 Å². The quantitative estimate of drug-likeness (QED) is 0.320. The molecule has 0 spiro atoms. The summed E-state index contributed by atoms with van der Waals surface area (Å²) < 4.78 is 52.9. The molecule has 2 N–H and O–H groups in total. The predicted octanol–water partition coefficient (Wildman–Crippen LogP) is 3.69. The van der Waals surface area contributed by atoms with Crippen molar-refractivity contribution in [1.82, 2.24) is 0 Å². The van der Waals surface area contributed by atoms with Crippen LogP contribution in [0.2, 0.25) is 0 Å². The summed E-state index contributed by atoms with van der Waals surface area (Å²) in [6, 6.07) is 0. The number of aliphatic hydroxyl groups excluding tert-OH is 2. The molecule has 0 bridgehead atoms. The molecule has 0 radical (unpaired) electrons. The molecule has 1 aliphatic carbocycles. The minimum atomic E-state index is -3.26. The second-order valence-electron chi connectivity index (χ2n) is 7.78. The Morgan fingerprint density at radius 2 is 2.14 bits per heavy atom. The van der Waals surface area contributed by atoms with Crippen molar-refractivity contribution in [2.45, 2.75) is 82.3 Å². The first-order valence-electron chi connectivity index (χ1n) is 10.2. The highest BCUT2D eigenvalue weighted by Gasteiger charge is 2.53. The summed E-state index contributed by atoms with van der Waals surface area (Å²) in [5.41, 5.74) is 0. The van der Waals surface area contributed by atoms with E-state index in [1.807, 2.05) is 0 Å². The Balaban J connectivity index is 1.98. The van der Waals surface area contributed by atoms with Gasteiger partial charge in [-0.2, -0.15) is 0 Å². The van der Waals surface area contributed by atoms with E-state index in [4.69, 9.17) is 4.74 Å². The maximum atomic E-state index is 14.9. The van der Waals surface area contributed by atoms with Gasteiger partial charge in [0, 0.05) is 31.1 Å². The standard InChI is InChI=1S/C21H31F3O5/c1-3-4-11-21(23,24)17(26)10-9-13-14(25)12-16-19(13)20(22)15(29-16)7-5-6-8-18(27)28-2/h7,9-10,13-14,16-17,19-20,25-26H,3-6,8,11-12H2,1-2H3/t13-,14+,16-,17+,19+,20?/m0/s1. The van der Waals surface area contributed by atoms with E-state index in [-0.39, 0.29) is 24.6 Å². The SMILES string of the molecule is CCCCC(F)(F)[C@H](O)C=C[C@@H]1[C@H]2C(F)C(=CCCCC(=O)OC)O[C@H]2C[C@H]1O. The first-order chi connectivity index (χ1) is 13.7. The van der Waals surface area contributed by atoms with Gasteiger partial charge in [0.1, 0.15) is 18.0 Å². The molecule has 166 valence electrons. The van der Waals surface area contributed by atoms with Crippen molar-refractivity contribution in [1.29, 1.82) is 0 Å². The van der Waals surface area contributed by atoms with E-state index >= 15 is 0 Å². The van der Waals surface area contributed by atoms with Crippen LogP contribution in [0, 0.1) is 11.8 Å². The molecule has 2 fully saturated rings. The molecular formula is C21H31F3O5. The number of halogens is 3. The molecule has 0 amide bonds. The van der Waals surface area contributed by atoms with Gasteiger partial charge in [-0.25, -0.2) is 13.2 Å². The van der Waals surface area contributed by atoms with Crippen molar-refractivity contribution >= 4 is 5.97 Å². The Morgan fingerprint density at radius 1 is 1.41 bits per heavy atom. The van der Waals surface area contributed by atoms with Crippen LogP contribution in [0.3, 0.4) is 0 Å². The Morgan fingerprint density at radius 3 is 2.79 bits per heavy atom. The fourth-order valence-electron chi connectivity index (χ4n) is 3.94. The molecule has 1 saturated heterocycles. The summed E-state index contributed by atoms with van der Waals surface area (Å²) in [5, 5.41) is 20.0. The third-order valence-electron chi connectivity index (χ3n) is 5.66. The Kier molecular flexibility index (Phi) is 8.58. The van der Waals surface area contributed by atoms with Crippen molar-refractivity contribution in [3.8, 4) is 0 Å². The second-order valence-corrected chi connectivity index (χ2v) is 7.78. The molecule has 1 aliphatic heterocycles. The van der Waals surface area contributed by atoms with Crippen molar-refractivity contribution in [2.75, 3.05) is 7.11 Å². The maximum Gasteiger partial charge on any atom is 0.305 e. The van der Waals surface area contributed by atoms with Gasteiger partial charge < -0.3 is 19.7 Å². The third kappa shape index (κ3) is 5.98. The zero-order valence-electron chi connectivity index (χ0n) is 16.9. The first kappa shape index (κ1) is 23.7. The number of methoxy groups -OCH3 is 1. The van der Waals surface area contributed by atoms with Crippen molar-refractivity contribution in [3.63, 3.8) is 0 Å². The third-order valence-corrected chi connectivity index (χ3v) is 5.66. The number of unbranched alkanes of at least 4 members (excludes halogenated alkanes) is 2. The van der Waals surface area contributed by atoms with E-state index in [0.29, 0.717) is 25.7 Å². The number of allylic oxidation sites excluding steroid dienone is 2. The first-order valence-corrected chi connectivity index (χ1v) is 10.2. The van der Waals surface area contributed by atoms with E-state index in [1.165, 1.54) is 13.2 Å². The van der Waals surface area contributed by atoms with E-state index < -0.39 is 48.7 Å². The van der Waals surface area contributed by atoms with Gasteiger partial charge in [-0.1, -0.05) is 25.5 Å². The van der Waals surface area contributed by atoms with Crippen LogP contribution in [0.1, 0.15) is 51.9 Å². The van der Waals surface area contributed by atoms with Gasteiger partial charge in [0.05, 0.1) is 13.2 Å². The van der Waals surface area contributed by atoms with Crippen LogP contribution in [-0.2, 0) is 14.3 Å². The minimum Gasteiger partial charge on any atom is -0.491 e. The van der Waals surface area contributed by atoms with Crippen LogP contribution in [0.4, 0.5) is 13.2 Å². The largest absolute Gasteiger partial charge is 0.491 e. The highest BCUT2D eigenvalue weighted by atomic mass is 19.3. The highest BCUT2D eigenvalue weighted by molar-refractivity contribution is 5.69. The molecule has 2 rings (SSSR count). The normalized spacial score (nSPS) is 31.8. The van der Waals surface area contributed by atoms with Crippen LogP contribution in [0.15, 0.2) is 24.0 Å². The number of fused-ring (bicyclic) bond motifs is 1. The fraction of sp³-hybridized carbons (Fsp3) is 0.762. The summed E-state index contributed by atoms with van der Waals surface area (Å²) in [6.45, 7) is 1.79. The van der Waals surface area contributed by atoms with Crippen molar-refractivity contribution in [3.05, 3.63) is 24.0 Å². The second kappa shape index (κ2) is 10.5. The van der Waals surface area contributed by atoms with Gasteiger partial charge in [0.25, 0.3) is 5.92 Å². The molecule has 1 heterocycles. The molecule has 8 heteroatoms. The Labute approximate surface area is 169 Å². The van der Waals surface area contributed by atoms with Gasteiger partial charge in [-0.05, 0) is 25.3 Å². The smallest absolute Gasteiger partial charge is 0.305 e. The topological polar surface area (TPSA) is 76.0 Å². The van der Waals surface area contributed by atoms with Gasteiger partial charge in [0.2, 0.25) is 0 Å². The molecule has 5 nitrogen and oxygen atoms in total. The zero-order valence-corrected chi connectivity index (χ0v) is 16.9. The summed E-state index contributed by atoms with van der Waals surface area (Å²) in [6.07, 6.45) is 0.753. The van der Waals surface area contributed by atoms with Crippen LogP contribution in [-0.4, -0.2) is 53.7 Å². The molecule has 1 unspecified atom stereocenters. The molecular weight excluding hydrogens is 389 g/mol. The fourth-order valence-corrected chi connectivity index (χ4v) is 3.94. The number of carbonyl (C=O) groups excluding carboxylic acids is 1. The minimum absolute atomic E-state index is 0.156. The van der Waals surface area contributed by atoms with E-state index in [1.54, 1.807) is 13.0 Å². The molecule has 0 aromatic rings. The molecule has 0 aromatic carbocycles. The maximum absolute atomic E-state index is 14.9. The van der Waals surface area contributed by atoms with Crippen molar-refractivity contribution < 1.29 is 37.7 Å². The molecule has 2 aliphatic rings. The Bertz CT molecular complexity index is 607. The zero-order chi connectivity index (χ0) is 21.6. The summed E-state index contributed by atoms with van der Waals surface area (Å²) in [7, 11) is 1.30. The monoisotopic (exact) mass is 420 g/mol. The van der Waals surface area contributed by atoms with Crippen LogP contribution < -0.4 is 0 Å². The number of esters is 1. The average Bonchev–Trinajstić information content (AvgIpc) is 3.16. The van der Waals surface area contributed by atoms with Gasteiger partial charge in [0.15, 0.2) is 6.17 Å². The number of rotatable bonds is 10. The van der Waals surface area contributed by atoms with E-state index in [0.717, 1.165) is 6.08 Å². The number of carbonyl (C=O) groups is 1.